The minimum absolute atomic E-state index is 0.0339. The molecule has 1 heterocycles. The van der Waals surface area contributed by atoms with E-state index in [1.165, 1.54) is 7.11 Å². The van der Waals surface area contributed by atoms with E-state index in [1.54, 1.807) is 6.92 Å². The van der Waals surface area contributed by atoms with Gasteiger partial charge >= 0.3 is 5.97 Å². The molecule has 1 aliphatic heterocycles. The monoisotopic (exact) mass is 188 g/mol. The van der Waals surface area contributed by atoms with Crippen molar-refractivity contribution in [1.82, 2.24) is 0 Å². The van der Waals surface area contributed by atoms with Gasteiger partial charge in [0, 0.05) is 6.92 Å². The van der Waals surface area contributed by atoms with Gasteiger partial charge in [0.15, 0.2) is 0 Å². The molecule has 13 heavy (non-hydrogen) atoms. The highest BCUT2D eigenvalue weighted by Gasteiger charge is 2.39. The highest BCUT2D eigenvalue weighted by atomic mass is 16.7. The summed E-state index contributed by atoms with van der Waals surface area (Å²) in [4.78, 5) is 11.3. The Kier molecular flexibility index (Phi) is 3.27. The fourth-order valence-corrected chi connectivity index (χ4v) is 1.41. The summed E-state index contributed by atoms with van der Waals surface area (Å²) in [5.41, 5.74) is 0. The molecule has 0 aromatic carbocycles. The van der Waals surface area contributed by atoms with Crippen LogP contribution >= 0.6 is 0 Å². The van der Waals surface area contributed by atoms with E-state index in [0.717, 1.165) is 12.8 Å². The molecule has 0 aromatic rings. The van der Waals surface area contributed by atoms with Crippen molar-refractivity contribution in [3.05, 3.63) is 0 Å². The van der Waals surface area contributed by atoms with Crippen molar-refractivity contribution >= 4 is 5.97 Å². The predicted octanol–water partition coefficient (Wildman–Crippen LogP) is 1.09. The number of carbonyl (C=O) groups excluding carboxylic acids is 1. The maximum atomic E-state index is 11.3. The van der Waals surface area contributed by atoms with Gasteiger partial charge in [-0.1, -0.05) is 0 Å². The predicted molar refractivity (Wildman–Crippen MR) is 46.2 cm³/mol. The molecule has 0 aromatic heterocycles. The Labute approximate surface area is 78.2 Å². The summed E-state index contributed by atoms with van der Waals surface area (Å²) in [5, 5.41) is 0. The molecule has 4 heteroatoms. The van der Waals surface area contributed by atoms with Crippen molar-refractivity contribution in [1.29, 1.82) is 0 Å². The average Bonchev–Trinajstić information content (AvgIpc) is 2.26. The van der Waals surface area contributed by atoms with E-state index in [1.807, 2.05) is 6.92 Å². The Morgan fingerprint density at radius 2 is 2.31 bits per heavy atom. The van der Waals surface area contributed by atoms with Crippen molar-refractivity contribution in [2.75, 3.05) is 13.7 Å². The molecular weight excluding hydrogens is 172 g/mol. The van der Waals surface area contributed by atoms with E-state index in [-0.39, 0.29) is 6.10 Å². The van der Waals surface area contributed by atoms with Crippen LogP contribution in [0.5, 0.6) is 0 Å². The van der Waals surface area contributed by atoms with Gasteiger partial charge in [-0.3, -0.25) is 0 Å². The summed E-state index contributed by atoms with van der Waals surface area (Å²) >= 11 is 0. The second-order valence-corrected chi connectivity index (χ2v) is 3.36. The molecule has 1 rings (SSSR count). The fraction of sp³-hybridized carbons (Fsp3) is 0.889. The zero-order chi connectivity index (χ0) is 9.90. The largest absolute Gasteiger partial charge is 0.465 e. The van der Waals surface area contributed by atoms with E-state index in [0.29, 0.717) is 6.61 Å². The van der Waals surface area contributed by atoms with Crippen LogP contribution in [0.3, 0.4) is 0 Å². The first-order chi connectivity index (χ1) is 6.08. The molecule has 4 nitrogen and oxygen atoms in total. The van der Waals surface area contributed by atoms with Crippen LogP contribution in [-0.4, -0.2) is 31.6 Å². The van der Waals surface area contributed by atoms with E-state index in [9.17, 15) is 4.79 Å². The van der Waals surface area contributed by atoms with Crippen molar-refractivity contribution < 1.29 is 19.0 Å². The number of esters is 1. The molecule has 0 aliphatic carbocycles. The molecular formula is C9H16O4. The van der Waals surface area contributed by atoms with Gasteiger partial charge in [0.05, 0.1) is 19.8 Å². The van der Waals surface area contributed by atoms with E-state index in [4.69, 9.17) is 9.47 Å². The Morgan fingerprint density at radius 1 is 1.62 bits per heavy atom. The topological polar surface area (TPSA) is 44.8 Å². The van der Waals surface area contributed by atoms with Crippen LogP contribution in [0.15, 0.2) is 0 Å². The van der Waals surface area contributed by atoms with Gasteiger partial charge in [0.2, 0.25) is 0 Å². The summed E-state index contributed by atoms with van der Waals surface area (Å²) in [6.07, 6.45) is 1.85. The van der Waals surface area contributed by atoms with Crippen LogP contribution in [0.4, 0.5) is 0 Å². The van der Waals surface area contributed by atoms with Crippen LogP contribution < -0.4 is 0 Å². The second-order valence-electron chi connectivity index (χ2n) is 3.36. The molecule has 2 atom stereocenters. The van der Waals surface area contributed by atoms with Crippen LogP contribution in [-0.2, 0) is 19.0 Å². The molecule has 0 spiro atoms. The molecule has 0 saturated carbocycles. The molecule has 0 bridgehead atoms. The number of methoxy groups -OCH3 is 1. The van der Waals surface area contributed by atoms with Crippen molar-refractivity contribution in [3.63, 3.8) is 0 Å². The van der Waals surface area contributed by atoms with Crippen LogP contribution in [0.1, 0.15) is 26.7 Å². The number of carbonyl (C=O) groups is 1. The number of ether oxygens (including phenoxy) is 3. The quantitative estimate of drug-likeness (QED) is 0.578. The van der Waals surface area contributed by atoms with Gasteiger partial charge in [-0.15, -0.1) is 0 Å². The van der Waals surface area contributed by atoms with Crippen molar-refractivity contribution in [2.24, 2.45) is 0 Å². The average molecular weight is 188 g/mol. The van der Waals surface area contributed by atoms with E-state index in [2.05, 4.69) is 4.74 Å². The van der Waals surface area contributed by atoms with Gasteiger partial charge < -0.3 is 14.2 Å². The van der Waals surface area contributed by atoms with Crippen LogP contribution in [0.2, 0.25) is 0 Å². The maximum Gasteiger partial charge on any atom is 0.366 e. The molecule has 1 fully saturated rings. The molecule has 0 N–H and O–H groups in total. The molecule has 2 unspecified atom stereocenters. The summed E-state index contributed by atoms with van der Waals surface area (Å²) in [7, 11) is 1.33. The summed E-state index contributed by atoms with van der Waals surface area (Å²) in [5.74, 6) is -1.69. The van der Waals surface area contributed by atoms with Crippen LogP contribution in [0, 0.1) is 0 Å². The Hall–Kier alpha value is -0.610. The van der Waals surface area contributed by atoms with Crippen molar-refractivity contribution in [2.45, 2.75) is 38.6 Å². The third kappa shape index (κ3) is 2.42. The van der Waals surface area contributed by atoms with Crippen LogP contribution in [0.25, 0.3) is 0 Å². The summed E-state index contributed by atoms with van der Waals surface area (Å²) in [6.45, 7) is 4.06. The normalized spacial score (nSPS) is 35.2. The fourth-order valence-electron chi connectivity index (χ4n) is 1.41. The van der Waals surface area contributed by atoms with Gasteiger partial charge in [-0.05, 0) is 19.8 Å². The lowest BCUT2D eigenvalue weighted by Gasteiger charge is -2.26. The first-order valence-corrected chi connectivity index (χ1v) is 4.48. The van der Waals surface area contributed by atoms with E-state index >= 15 is 0 Å². The number of hydrogen-bond donors (Lipinski definition) is 0. The molecule has 0 radical (unpaired) electrons. The lowest BCUT2D eigenvalue weighted by molar-refractivity contribution is -0.242. The third-order valence-corrected chi connectivity index (χ3v) is 2.11. The lowest BCUT2D eigenvalue weighted by atomic mass is 10.2. The Balaban J connectivity index is 2.68. The molecule has 1 aliphatic rings. The SMILES string of the molecule is COC(=O)C1(C)OCCCC(C)O1. The van der Waals surface area contributed by atoms with Gasteiger partial charge in [0.25, 0.3) is 5.79 Å². The van der Waals surface area contributed by atoms with Gasteiger partial charge in [-0.25, -0.2) is 4.79 Å². The van der Waals surface area contributed by atoms with Gasteiger partial charge in [0.1, 0.15) is 0 Å². The molecule has 1 saturated heterocycles. The Morgan fingerprint density at radius 3 is 2.92 bits per heavy atom. The summed E-state index contributed by atoms with van der Waals surface area (Å²) < 4.78 is 15.4. The zero-order valence-electron chi connectivity index (χ0n) is 8.33. The van der Waals surface area contributed by atoms with Crippen molar-refractivity contribution in [3.8, 4) is 0 Å². The lowest BCUT2D eigenvalue weighted by Crippen LogP contribution is -2.43. The Bertz CT molecular complexity index is 192. The number of hydrogen-bond acceptors (Lipinski definition) is 4. The molecule has 76 valence electrons. The van der Waals surface area contributed by atoms with E-state index < -0.39 is 11.8 Å². The minimum Gasteiger partial charge on any atom is -0.465 e. The highest BCUT2D eigenvalue weighted by Crippen LogP contribution is 2.23. The standard InChI is InChI=1S/C9H16O4/c1-7-5-4-6-12-9(2,13-7)8(10)11-3/h7H,4-6H2,1-3H3. The zero-order valence-corrected chi connectivity index (χ0v) is 8.33. The second kappa shape index (κ2) is 4.07. The minimum atomic E-state index is -1.22. The first kappa shape index (κ1) is 10.5. The smallest absolute Gasteiger partial charge is 0.366 e. The third-order valence-electron chi connectivity index (χ3n) is 2.11. The first-order valence-electron chi connectivity index (χ1n) is 4.48. The highest BCUT2D eigenvalue weighted by molar-refractivity contribution is 5.77. The maximum absolute atomic E-state index is 11.3. The number of rotatable bonds is 1. The van der Waals surface area contributed by atoms with Gasteiger partial charge in [-0.2, -0.15) is 0 Å². The summed E-state index contributed by atoms with van der Waals surface area (Å²) in [6, 6.07) is 0. The molecule has 0 amide bonds.